The first-order valence-electron chi connectivity index (χ1n) is 5.01. The highest BCUT2D eigenvalue weighted by Gasteiger charge is 2.20. The average molecular weight is 282 g/mol. The molecule has 1 N–H and O–H groups in total. The number of hydrogen-bond donors (Lipinski definition) is 1. The van der Waals surface area contributed by atoms with E-state index in [0.29, 0.717) is 0 Å². The molecule has 2 aromatic rings. The van der Waals surface area contributed by atoms with Crippen molar-refractivity contribution in [2.45, 2.75) is 6.92 Å². The van der Waals surface area contributed by atoms with E-state index in [1.165, 1.54) is 12.4 Å². The first kappa shape index (κ1) is 13.0. The van der Waals surface area contributed by atoms with Crippen LogP contribution in [0.5, 0.6) is 0 Å². The molecule has 0 fully saturated rings. The van der Waals surface area contributed by atoms with Gasteiger partial charge >= 0.3 is 0 Å². The third-order valence-corrected chi connectivity index (χ3v) is 2.88. The second-order valence-corrected chi connectivity index (χ2v) is 4.41. The van der Waals surface area contributed by atoms with Crippen LogP contribution in [0.15, 0.2) is 17.6 Å². The first-order valence-corrected chi connectivity index (χ1v) is 5.89. The molecule has 0 saturated carbocycles. The number of anilines is 1. The number of non-ortho nitro benzene ring substituents is 1. The minimum absolute atomic E-state index is 0.0246. The Balaban J connectivity index is 2.38. The maximum atomic E-state index is 13.8. The lowest BCUT2D eigenvalue weighted by Gasteiger charge is -2.05. The van der Waals surface area contributed by atoms with Gasteiger partial charge in [-0.15, -0.1) is 10.2 Å². The molecule has 0 bridgehead atoms. The summed E-state index contributed by atoms with van der Waals surface area (Å²) in [7, 11) is 0. The number of carbonyl (C=O) groups excluding carboxylic acids is 1. The van der Waals surface area contributed by atoms with E-state index in [-0.39, 0.29) is 16.4 Å². The van der Waals surface area contributed by atoms with Gasteiger partial charge in [0, 0.05) is 12.1 Å². The molecular formula is C10H7FN4O3S. The van der Waals surface area contributed by atoms with Gasteiger partial charge in [0.15, 0.2) is 0 Å². The van der Waals surface area contributed by atoms with Gasteiger partial charge in [-0.25, -0.2) is 4.39 Å². The number of hydrogen-bond acceptors (Lipinski definition) is 6. The molecule has 2 rings (SSSR count). The SMILES string of the molecule is Cc1cc([N+](=O)[O-])cc(C(=O)Nc2nncs2)c1F. The van der Waals surface area contributed by atoms with Crippen LogP contribution < -0.4 is 5.32 Å². The summed E-state index contributed by atoms with van der Waals surface area (Å²) in [5.74, 6) is -1.60. The van der Waals surface area contributed by atoms with Gasteiger partial charge in [0.05, 0.1) is 10.5 Å². The fourth-order valence-electron chi connectivity index (χ4n) is 1.41. The molecule has 0 aliphatic heterocycles. The Morgan fingerprint density at radius 3 is 2.84 bits per heavy atom. The predicted octanol–water partition coefficient (Wildman–Crippen LogP) is 2.15. The van der Waals surface area contributed by atoms with Gasteiger partial charge in [0.25, 0.3) is 11.6 Å². The van der Waals surface area contributed by atoms with Crippen LogP contribution in [0.3, 0.4) is 0 Å². The smallest absolute Gasteiger partial charge is 0.270 e. The van der Waals surface area contributed by atoms with E-state index >= 15 is 0 Å². The topological polar surface area (TPSA) is 98.0 Å². The van der Waals surface area contributed by atoms with Crippen LogP contribution >= 0.6 is 11.3 Å². The monoisotopic (exact) mass is 282 g/mol. The standard InChI is InChI=1S/C10H7FN4O3S/c1-5-2-6(15(17)18)3-7(8(5)11)9(16)13-10-14-12-4-19-10/h2-4H,1H3,(H,13,14,16). The maximum absolute atomic E-state index is 13.8. The molecule has 19 heavy (non-hydrogen) atoms. The molecule has 0 spiro atoms. The molecule has 0 radical (unpaired) electrons. The Morgan fingerprint density at radius 1 is 1.53 bits per heavy atom. The number of halogens is 1. The van der Waals surface area contributed by atoms with Crippen molar-refractivity contribution in [3.05, 3.63) is 44.7 Å². The van der Waals surface area contributed by atoms with Crippen LogP contribution in [0.4, 0.5) is 15.2 Å². The number of aromatic nitrogens is 2. The van der Waals surface area contributed by atoms with Crippen LogP contribution in [0, 0.1) is 22.9 Å². The van der Waals surface area contributed by atoms with E-state index in [9.17, 15) is 19.3 Å². The number of carbonyl (C=O) groups is 1. The zero-order valence-corrected chi connectivity index (χ0v) is 10.4. The van der Waals surface area contributed by atoms with Crippen molar-refractivity contribution in [3.63, 3.8) is 0 Å². The van der Waals surface area contributed by atoms with E-state index in [1.807, 2.05) is 0 Å². The van der Waals surface area contributed by atoms with Crippen molar-refractivity contribution in [3.8, 4) is 0 Å². The lowest BCUT2D eigenvalue weighted by atomic mass is 10.1. The summed E-state index contributed by atoms with van der Waals surface area (Å²) in [5, 5.41) is 20.3. The minimum Gasteiger partial charge on any atom is -0.296 e. The number of rotatable bonds is 3. The molecule has 0 saturated heterocycles. The van der Waals surface area contributed by atoms with Crippen molar-refractivity contribution < 1.29 is 14.1 Å². The zero-order chi connectivity index (χ0) is 14.0. The van der Waals surface area contributed by atoms with Crippen molar-refractivity contribution in [1.82, 2.24) is 10.2 Å². The van der Waals surface area contributed by atoms with Crippen LogP contribution in [0.25, 0.3) is 0 Å². The molecule has 98 valence electrons. The highest BCUT2D eigenvalue weighted by atomic mass is 32.1. The summed E-state index contributed by atoms with van der Waals surface area (Å²) >= 11 is 1.06. The molecule has 1 aromatic heterocycles. The van der Waals surface area contributed by atoms with Crippen LogP contribution in [-0.4, -0.2) is 21.0 Å². The summed E-state index contributed by atoms with van der Waals surface area (Å²) in [5.41, 5.74) is 0.671. The largest absolute Gasteiger partial charge is 0.296 e. The first-order chi connectivity index (χ1) is 8.99. The molecule has 7 nitrogen and oxygen atoms in total. The van der Waals surface area contributed by atoms with Crippen molar-refractivity contribution in [2.75, 3.05) is 5.32 Å². The fraction of sp³-hybridized carbons (Fsp3) is 0.100. The maximum Gasteiger partial charge on any atom is 0.270 e. The van der Waals surface area contributed by atoms with Crippen LogP contribution in [-0.2, 0) is 0 Å². The summed E-state index contributed by atoms with van der Waals surface area (Å²) in [6.45, 7) is 1.35. The Bertz CT molecular complexity index is 644. The van der Waals surface area contributed by atoms with Gasteiger partial charge in [-0.05, 0) is 12.5 Å². The van der Waals surface area contributed by atoms with Gasteiger partial charge in [-0.1, -0.05) is 11.3 Å². The number of benzene rings is 1. The molecule has 9 heteroatoms. The van der Waals surface area contributed by atoms with E-state index in [4.69, 9.17) is 0 Å². The normalized spacial score (nSPS) is 10.2. The lowest BCUT2D eigenvalue weighted by molar-refractivity contribution is -0.385. The average Bonchev–Trinajstić information content (AvgIpc) is 2.84. The fourth-order valence-corrected chi connectivity index (χ4v) is 1.85. The minimum atomic E-state index is -0.805. The van der Waals surface area contributed by atoms with E-state index < -0.39 is 22.2 Å². The van der Waals surface area contributed by atoms with Crippen LogP contribution in [0.2, 0.25) is 0 Å². The second-order valence-electron chi connectivity index (χ2n) is 3.58. The number of amides is 1. The van der Waals surface area contributed by atoms with Gasteiger partial charge in [-0.2, -0.15) is 0 Å². The molecule has 0 aliphatic carbocycles. The summed E-state index contributed by atoms with van der Waals surface area (Å²) in [4.78, 5) is 21.8. The number of aryl methyl sites for hydroxylation is 1. The Morgan fingerprint density at radius 2 is 2.26 bits per heavy atom. The van der Waals surface area contributed by atoms with Gasteiger partial charge < -0.3 is 0 Å². The quantitative estimate of drug-likeness (QED) is 0.687. The Labute approximate surface area is 110 Å². The summed E-state index contributed by atoms with van der Waals surface area (Å²) in [6.07, 6.45) is 0. The van der Waals surface area contributed by atoms with E-state index in [2.05, 4.69) is 15.5 Å². The van der Waals surface area contributed by atoms with Crippen molar-refractivity contribution >= 4 is 28.1 Å². The lowest BCUT2D eigenvalue weighted by Crippen LogP contribution is -2.14. The molecule has 1 aromatic carbocycles. The molecule has 0 aliphatic rings. The molecule has 0 atom stereocenters. The zero-order valence-electron chi connectivity index (χ0n) is 9.58. The van der Waals surface area contributed by atoms with Crippen molar-refractivity contribution in [1.29, 1.82) is 0 Å². The van der Waals surface area contributed by atoms with Gasteiger partial charge in [-0.3, -0.25) is 20.2 Å². The highest BCUT2D eigenvalue weighted by molar-refractivity contribution is 7.13. The predicted molar refractivity (Wildman–Crippen MR) is 65.7 cm³/mol. The summed E-state index contributed by atoms with van der Waals surface area (Å²) in [6, 6.07) is 1.95. The number of nitro groups is 1. The Kier molecular flexibility index (Phi) is 3.47. The summed E-state index contributed by atoms with van der Waals surface area (Å²) < 4.78 is 13.8. The molecule has 0 unspecified atom stereocenters. The van der Waals surface area contributed by atoms with E-state index in [0.717, 1.165) is 23.5 Å². The van der Waals surface area contributed by atoms with Gasteiger partial charge in [0.1, 0.15) is 11.3 Å². The molecule has 1 amide bonds. The van der Waals surface area contributed by atoms with Crippen molar-refractivity contribution in [2.24, 2.45) is 0 Å². The highest BCUT2D eigenvalue weighted by Crippen LogP contribution is 2.22. The van der Waals surface area contributed by atoms with Gasteiger partial charge in [0.2, 0.25) is 5.13 Å². The third kappa shape index (κ3) is 2.71. The van der Waals surface area contributed by atoms with E-state index in [1.54, 1.807) is 0 Å². The van der Waals surface area contributed by atoms with Crippen LogP contribution in [0.1, 0.15) is 15.9 Å². The number of nitrogens with zero attached hydrogens (tertiary/aromatic N) is 3. The number of nitrogens with one attached hydrogen (secondary N) is 1. The number of nitro benzene ring substituents is 1. The molecular weight excluding hydrogens is 275 g/mol. The Hall–Kier alpha value is -2.42. The molecule has 1 heterocycles. The second kappa shape index (κ2) is 5.06. The third-order valence-electron chi connectivity index (χ3n) is 2.28.